The molecule has 2 N–H and O–H groups in total. The fourth-order valence-electron chi connectivity index (χ4n) is 1.71. The molecule has 1 aromatic heterocycles. The summed E-state index contributed by atoms with van der Waals surface area (Å²) in [7, 11) is 0. The second-order valence-corrected chi connectivity index (χ2v) is 4.96. The minimum atomic E-state index is -1.32. The van der Waals surface area contributed by atoms with Gasteiger partial charge in [-0.3, -0.25) is 10.1 Å². The molecule has 20 heavy (non-hydrogen) atoms. The lowest BCUT2D eigenvalue weighted by molar-refractivity contribution is -0.385. The molecule has 0 saturated heterocycles. The third kappa shape index (κ3) is 2.91. The van der Waals surface area contributed by atoms with Crippen LogP contribution < -0.4 is 5.32 Å². The smallest absolute Gasteiger partial charge is 0.342 e. The summed E-state index contributed by atoms with van der Waals surface area (Å²) in [5.74, 6) is -1.32. The number of aromatic nitrogens is 1. The molecule has 1 aromatic carbocycles. The molecule has 0 fully saturated rings. The Morgan fingerprint density at radius 3 is 2.85 bits per heavy atom. The second kappa shape index (κ2) is 5.66. The highest BCUT2D eigenvalue weighted by atomic mass is 32.1. The molecule has 0 radical (unpaired) electrons. The number of carbonyl (C=O) groups is 1. The zero-order valence-electron chi connectivity index (χ0n) is 10.4. The van der Waals surface area contributed by atoms with Gasteiger partial charge in [0, 0.05) is 23.3 Å². The minimum Gasteiger partial charge on any atom is -0.477 e. The number of benzene rings is 1. The number of nitro groups is 1. The summed E-state index contributed by atoms with van der Waals surface area (Å²) in [5.41, 5.74) is -0.291. The molecule has 8 heteroatoms. The van der Waals surface area contributed by atoms with E-state index in [-0.39, 0.29) is 11.6 Å². The molecule has 2 rings (SSSR count). The van der Waals surface area contributed by atoms with E-state index in [1.54, 1.807) is 6.20 Å². The SMILES string of the molecule is CC(Nc1ccc(C(=O)O)c([N+](=O)[O-])c1)c1nccs1. The maximum absolute atomic E-state index is 10.9. The van der Waals surface area contributed by atoms with Crippen molar-refractivity contribution in [1.29, 1.82) is 0 Å². The molecule has 1 heterocycles. The van der Waals surface area contributed by atoms with Crippen LogP contribution >= 0.6 is 11.3 Å². The van der Waals surface area contributed by atoms with Gasteiger partial charge in [0.25, 0.3) is 5.69 Å². The van der Waals surface area contributed by atoms with Crippen LogP contribution in [0.3, 0.4) is 0 Å². The number of carboxylic acids is 1. The number of aromatic carboxylic acids is 1. The standard InChI is InChI=1S/C12H11N3O4S/c1-7(11-13-4-5-20-11)14-8-2-3-9(12(16)17)10(6-8)15(18)19/h2-7,14H,1H3,(H,16,17). The molecule has 1 unspecified atom stereocenters. The molecule has 0 aliphatic heterocycles. The summed E-state index contributed by atoms with van der Waals surface area (Å²) < 4.78 is 0. The number of hydrogen-bond acceptors (Lipinski definition) is 6. The average Bonchev–Trinajstić information content (AvgIpc) is 2.92. The molecule has 7 nitrogen and oxygen atoms in total. The number of nitro benzene ring substituents is 1. The van der Waals surface area contributed by atoms with Gasteiger partial charge in [-0.15, -0.1) is 11.3 Å². The predicted molar refractivity (Wildman–Crippen MR) is 74.2 cm³/mol. The zero-order chi connectivity index (χ0) is 14.7. The number of nitrogens with zero attached hydrogens (tertiary/aromatic N) is 2. The third-order valence-corrected chi connectivity index (χ3v) is 3.59. The van der Waals surface area contributed by atoms with Crippen molar-refractivity contribution in [3.8, 4) is 0 Å². The van der Waals surface area contributed by atoms with Gasteiger partial charge in [0.05, 0.1) is 11.0 Å². The van der Waals surface area contributed by atoms with Crippen molar-refractivity contribution in [3.63, 3.8) is 0 Å². The zero-order valence-corrected chi connectivity index (χ0v) is 11.3. The summed E-state index contributed by atoms with van der Waals surface area (Å²) >= 11 is 1.47. The van der Waals surface area contributed by atoms with Crippen LogP contribution in [-0.2, 0) is 0 Å². The normalized spacial score (nSPS) is 11.8. The molecule has 104 valence electrons. The Balaban J connectivity index is 2.27. The Bertz CT molecular complexity index is 642. The van der Waals surface area contributed by atoms with E-state index >= 15 is 0 Å². The highest BCUT2D eigenvalue weighted by Crippen LogP contribution is 2.26. The summed E-state index contributed by atoms with van der Waals surface area (Å²) in [6.45, 7) is 1.87. The first kappa shape index (κ1) is 13.9. The van der Waals surface area contributed by atoms with Gasteiger partial charge in [-0.2, -0.15) is 0 Å². The second-order valence-electron chi connectivity index (χ2n) is 4.03. The summed E-state index contributed by atoms with van der Waals surface area (Å²) in [6, 6.07) is 3.82. The molecular weight excluding hydrogens is 282 g/mol. The first-order valence-corrected chi connectivity index (χ1v) is 6.54. The van der Waals surface area contributed by atoms with Gasteiger partial charge in [0.15, 0.2) is 0 Å². The molecule has 2 aromatic rings. The molecule has 0 spiro atoms. The van der Waals surface area contributed by atoms with E-state index in [0.29, 0.717) is 5.69 Å². The predicted octanol–water partition coefficient (Wildman–Crippen LogP) is 2.92. The molecule has 0 aliphatic rings. The Kier molecular flexibility index (Phi) is 3.94. The number of thiazole rings is 1. The number of hydrogen-bond donors (Lipinski definition) is 2. The van der Waals surface area contributed by atoms with Crippen LogP contribution in [-0.4, -0.2) is 21.0 Å². The van der Waals surface area contributed by atoms with Crippen molar-refractivity contribution in [2.45, 2.75) is 13.0 Å². The van der Waals surface area contributed by atoms with E-state index in [2.05, 4.69) is 10.3 Å². The number of carboxylic acid groups (broad SMARTS) is 1. The van der Waals surface area contributed by atoms with E-state index in [1.807, 2.05) is 12.3 Å². The van der Waals surface area contributed by atoms with E-state index in [0.717, 1.165) is 5.01 Å². The van der Waals surface area contributed by atoms with E-state index in [1.165, 1.54) is 29.5 Å². The van der Waals surface area contributed by atoms with Crippen LogP contribution in [0.2, 0.25) is 0 Å². The topological polar surface area (TPSA) is 105 Å². The Morgan fingerprint density at radius 2 is 2.30 bits per heavy atom. The lowest BCUT2D eigenvalue weighted by Gasteiger charge is -2.12. The largest absolute Gasteiger partial charge is 0.477 e. The van der Waals surface area contributed by atoms with Gasteiger partial charge < -0.3 is 10.4 Å². The van der Waals surface area contributed by atoms with Crippen molar-refractivity contribution >= 4 is 28.7 Å². The Hall–Kier alpha value is -2.48. The van der Waals surface area contributed by atoms with Crippen molar-refractivity contribution in [1.82, 2.24) is 4.98 Å². The lowest BCUT2D eigenvalue weighted by Crippen LogP contribution is -2.08. The van der Waals surface area contributed by atoms with E-state index in [9.17, 15) is 14.9 Å². The van der Waals surface area contributed by atoms with Crippen LogP contribution in [0.15, 0.2) is 29.8 Å². The minimum absolute atomic E-state index is 0.120. The highest BCUT2D eigenvalue weighted by Gasteiger charge is 2.20. The average molecular weight is 293 g/mol. The highest BCUT2D eigenvalue weighted by molar-refractivity contribution is 7.09. The van der Waals surface area contributed by atoms with Gasteiger partial charge in [-0.25, -0.2) is 9.78 Å². The maximum atomic E-state index is 10.9. The molecule has 0 saturated carbocycles. The number of anilines is 1. The van der Waals surface area contributed by atoms with Crippen LogP contribution in [0.5, 0.6) is 0 Å². The summed E-state index contributed by atoms with van der Waals surface area (Å²) in [6.07, 6.45) is 1.67. The van der Waals surface area contributed by atoms with Gasteiger partial charge in [-0.1, -0.05) is 0 Å². The molecule has 0 amide bonds. The van der Waals surface area contributed by atoms with Crippen molar-refractivity contribution < 1.29 is 14.8 Å². The summed E-state index contributed by atoms with van der Waals surface area (Å²) in [4.78, 5) is 25.2. The van der Waals surface area contributed by atoms with E-state index < -0.39 is 16.6 Å². The lowest BCUT2D eigenvalue weighted by atomic mass is 10.1. The van der Waals surface area contributed by atoms with Crippen LogP contribution in [0.4, 0.5) is 11.4 Å². The molecule has 0 aliphatic carbocycles. The fraction of sp³-hybridized carbons (Fsp3) is 0.167. The Labute approximate surface area is 118 Å². The fourth-order valence-corrected chi connectivity index (χ4v) is 2.36. The van der Waals surface area contributed by atoms with Gasteiger partial charge >= 0.3 is 5.97 Å². The van der Waals surface area contributed by atoms with Crippen molar-refractivity contribution in [2.75, 3.05) is 5.32 Å². The van der Waals surface area contributed by atoms with Crippen LogP contribution in [0.25, 0.3) is 0 Å². The van der Waals surface area contributed by atoms with Gasteiger partial charge in [0.1, 0.15) is 10.6 Å². The molecule has 1 atom stereocenters. The number of rotatable bonds is 5. The van der Waals surface area contributed by atoms with E-state index in [4.69, 9.17) is 5.11 Å². The quantitative estimate of drug-likeness (QED) is 0.648. The van der Waals surface area contributed by atoms with Crippen LogP contribution in [0.1, 0.15) is 28.3 Å². The Morgan fingerprint density at radius 1 is 1.55 bits per heavy atom. The third-order valence-electron chi connectivity index (χ3n) is 2.63. The van der Waals surface area contributed by atoms with Crippen LogP contribution in [0, 0.1) is 10.1 Å². The molecule has 0 bridgehead atoms. The first-order chi connectivity index (χ1) is 9.49. The van der Waals surface area contributed by atoms with Crippen molar-refractivity contribution in [3.05, 3.63) is 50.5 Å². The van der Waals surface area contributed by atoms with Crippen molar-refractivity contribution in [2.24, 2.45) is 0 Å². The molecular formula is C12H11N3O4S. The monoisotopic (exact) mass is 293 g/mol. The maximum Gasteiger partial charge on any atom is 0.342 e. The van der Waals surface area contributed by atoms with Gasteiger partial charge in [-0.05, 0) is 19.1 Å². The first-order valence-electron chi connectivity index (χ1n) is 5.66. The summed E-state index contributed by atoms with van der Waals surface area (Å²) in [5, 5.41) is 25.5. The van der Waals surface area contributed by atoms with Gasteiger partial charge in [0.2, 0.25) is 0 Å². The number of nitrogens with one attached hydrogen (secondary N) is 1.